The van der Waals surface area contributed by atoms with Gasteiger partial charge in [-0.25, -0.2) is 4.79 Å². The van der Waals surface area contributed by atoms with Gasteiger partial charge in [0.25, 0.3) is 5.91 Å². The number of alkyl halides is 3. The van der Waals surface area contributed by atoms with Crippen LogP contribution in [0.15, 0.2) is 30.3 Å². The van der Waals surface area contributed by atoms with E-state index in [4.69, 9.17) is 14.2 Å². The van der Waals surface area contributed by atoms with Crippen LogP contribution in [0.2, 0.25) is 0 Å². The number of nitrogens with zero attached hydrogens (tertiary/aromatic N) is 2. The molecule has 0 aromatic heterocycles. The molecule has 0 bridgehead atoms. The van der Waals surface area contributed by atoms with Crippen LogP contribution in [-0.4, -0.2) is 55.2 Å². The number of halogens is 3. The molecule has 1 aliphatic carbocycles. The monoisotopic (exact) mass is 618 g/mol. The van der Waals surface area contributed by atoms with Gasteiger partial charge in [0.2, 0.25) is 0 Å². The number of carbonyl (C=O) groups is 3. The Kier molecular flexibility index (Phi) is 9.85. The third-order valence-corrected chi connectivity index (χ3v) is 8.30. The minimum Gasteiger partial charge on any atom is -0.489 e. The van der Waals surface area contributed by atoms with E-state index < -0.39 is 41.4 Å². The summed E-state index contributed by atoms with van der Waals surface area (Å²) < 4.78 is 58.1. The van der Waals surface area contributed by atoms with E-state index in [2.05, 4.69) is 0 Å². The molecule has 8 nitrogen and oxygen atoms in total. The van der Waals surface area contributed by atoms with E-state index in [-0.39, 0.29) is 18.9 Å². The lowest BCUT2D eigenvalue weighted by atomic mass is 9.91. The third kappa shape index (κ3) is 7.47. The van der Waals surface area contributed by atoms with Crippen LogP contribution in [0.5, 0.6) is 5.75 Å². The second-order valence-electron chi connectivity index (χ2n) is 12.5. The number of hydrogen-bond acceptors (Lipinski definition) is 6. The van der Waals surface area contributed by atoms with Crippen molar-refractivity contribution >= 4 is 23.7 Å². The molecule has 2 aliphatic rings. The molecular formula is C33H41F3N2O6. The predicted octanol–water partition coefficient (Wildman–Crippen LogP) is 6.94. The molecule has 0 unspecified atom stereocenters. The van der Waals surface area contributed by atoms with Crippen molar-refractivity contribution in [2.45, 2.75) is 96.6 Å². The number of likely N-dealkylation sites (N-methyl/N-ethyl adjacent to an activating group) is 1. The highest BCUT2D eigenvalue weighted by Gasteiger charge is 2.39. The highest BCUT2D eigenvalue weighted by atomic mass is 19.4. The van der Waals surface area contributed by atoms with Gasteiger partial charge in [0, 0.05) is 19.3 Å². The number of carbonyl (C=O) groups excluding carboxylic acids is 3. The molecule has 2 aromatic rings. The minimum absolute atomic E-state index is 0.0435. The molecule has 2 aromatic carbocycles. The van der Waals surface area contributed by atoms with E-state index in [0.717, 1.165) is 41.7 Å². The Hall–Kier alpha value is -3.76. The van der Waals surface area contributed by atoms with Crippen molar-refractivity contribution in [1.82, 2.24) is 4.90 Å². The summed E-state index contributed by atoms with van der Waals surface area (Å²) >= 11 is 0. The van der Waals surface area contributed by atoms with Gasteiger partial charge < -0.3 is 19.1 Å². The molecular weight excluding hydrogens is 577 g/mol. The zero-order valence-corrected chi connectivity index (χ0v) is 26.2. The second-order valence-corrected chi connectivity index (χ2v) is 12.5. The molecule has 1 aliphatic heterocycles. The molecule has 1 fully saturated rings. The van der Waals surface area contributed by atoms with Crippen LogP contribution in [0, 0.1) is 6.92 Å². The van der Waals surface area contributed by atoms with E-state index in [9.17, 15) is 27.6 Å². The number of methoxy groups -OCH3 is 1. The summed E-state index contributed by atoms with van der Waals surface area (Å²) in [5.41, 5.74) is 1.62. The Morgan fingerprint density at radius 1 is 1.07 bits per heavy atom. The average molecular weight is 619 g/mol. The molecule has 4 rings (SSSR count). The standard InChI is InChI=1S/C33H41F3N2O6/c1-20-23-15-16-38(30(40)27(18-29(39)42-6)37(5)31(41)44-32(2,3)4)26(23)13-14-28(20)43-19-21-11-12-24(22-9-7-8-10-22)25(17-21)33(34,35)36/h11-14,17,22,27H,7-10,15-16,18-19H2,1-6H3/t27-/m1/s1. The molecule has 1 atom stereocenters. The summed E-state index contributed by atoms with van der Waals surface area (Å²) in [5, 5.41) is 0. The molecule has 240 valence electrons. The lowest BCUT2D eigenvalue weighted by Crippen LogP contribution is -2.51. The molecule has 0 saturated heterocycles. The normalized spacial score (nSPS) is 16.0. The Morgan fingerprint density at radius 3 is 2.36 bits per heavy atom. The van der Waals surface area contributed by atoms with Crippen molar-refractivity contribution < 1.29 is 41.8 Å². The number of benzene rings is 2. The van der Waals surface area contributed by atoms with Crippen molar-refractivity contribution in [1.29, 1.82) is 0 Å². The van der Waals surface area contributed by atoms with Crippen LogP contribution in [0.3, 0.4) is 0 Å². The van der Waals surface area contributed by atoms with Crippen LogP contribution in [0.25, 0.3) is 0 Å². The number of hydrogen-bond donors (Lipinski definition) is 0. The van der Waals surface area contributed by atoms with Crippen molar-refractivity contribution in [3.8, 4) is 5.75 Å². The summed E-state index contributed by atoms with van der Waals surface area (Å²) in [6.07, 6.45) is -1.61. The zero-order chi connectivity index (χ0) is 32.4. The van der Waals surface area contributed by atoms with E-state index in [1.807, 2.05) is 6.92 Å². The van der Waals surface area contributed by atoms with Gasteiger partial charge in [0.15, 0.2) is 0 Å². The maximum absolute atomic E-state index is 13.9. The van der Waals surface area contributed by atoms with Crippen molar-refractivity contribution in [2.24, 2.45) is 0 Å². The number of amides is 2. The molecule has 1 saturated carbocycles. The molecule has 0 radical (unpaired) electrons. The highest BCUT2D eigenvalue weighted by molar-refractivity contribution is 6.02. The van der Waals surface area contributed by atoms with Crippen molar-refractivity contribution in [2.75, 3.05) is 25.6 Å². The van der Waals surface area contributed by atoms with Gasteiger partial charge in [-0.1, -0.05) is 25.0 Å². The van der Waals surface area contributed by atoms with Gasteiger partial charge in [-0.3, -0.25) is 14.5 Å². The largest absolute Gasteiger partial charge is 0.489 e. The molecule has 11 heteroatoms. The quantitative estimate of drug-likeness (QED) is 0.298. The minimum atomic E-state index is -4.45. The van der Waals surface area contributed by atoms with E-state index in [1.54, 1.807) is 45.0 Å². The molecule has 2 amide bonds. The zero-order valence-electron chi connectivity index (χ0n) is 26.2. The lowest BCUT2D eigenvalue weighted by Gasteiger charge is -2.32. The molecule has 0 N–H and O–H groups in total. The van der Waals surface area contributed by atoms with Gasteiger partial charge in [0.1, 0.15) is 24.0 Å². The Bertz CT molecular complexity index is 1400. The van der Waals surface area contributed by atoms with Gasteiger partial charge in [0.05, 0.1) is 19.1 Å². The van der Waals surface area contributed by atoms with E-state index in [1.165, 1.54) is 25.1 Å². The van der Waals surface area contributed by atoms with Crippen LogP contribution < -0.4 is 9.64 Å². The Balaban J connectivity index is 1.53. The first kappa shape index (κ1) is 33.1. The summed E-state index contributed by atoms with van der Waals surface area (Å²) in [4.78, 5) is 41.4. The number of fused-ring (bicyclic) bond motifs is 1. The van der Waals surface area contributed by atoms with E-state index >= 15 is 0 Å². The second kappa shape index (κ2) is 13.1. The number of esters is 1. The fourth-order valence-corrected chi connectivity index (χ4v) is 5.98. The van der Waals surface area contributed by atoms with Gasteiger partial charge in [-0.15, -0.1) is 0 Å². The Labute approximate surface area is 256 Å². The van der Waals surface area contributed by atoms with Crippen LogP contribution in [-0.2, 0) is 38.3 Å². The fraction of sp³-hybridized carbons (Fsp3) is 0.545. The molecule has 44 heavy (non-hydrogen) atoms. The van der Waals surface area contributed by atoms with Crippen LogP contribution in [0.1, 0.15) is 86.6 Å². The van der Waals surface area contributed by atoms with Gasteiger partial charge in [-0.2, -0.15) is 13.2 Å². The van der Waals surface area contributed by atoms with Gasteiger partial charge >= 0.3 is 18.2 Å². The van der Waals surface area contributed by atoms with Crippen molar-refractivity contribution in [3.63, 3.8) is 0 Å². The highest BCUT2D eigenvalue weighted by Crippen LogP contribution is 2.42. The summed E-state index contributed by atoms with van der Waals surface area (Å²) in [5.74, 6) is -0.675. The maximum atomic E-state index is 13.9. The summed E-state index contributed by atoms with van der Waals surface area (Å²) in [7, 11) is 2.62. The fourth-order valence-electron chi connectivity index (χ4n) is 5.98. The van der Waals surface area contributed by atoms with E-state index in [0.29, 0.717) is 35.5 Å². The first-order valence-electron chi connectivity index (χ1n) is 14.9. The molecule has 0 spiro atoms. The topological polar surface area (TPSA) is 85.4 Å². The number of rotatable bonds is 8. The average Bonchev–Trinajstić information content (AvgIpc) is 3.64. The number of ether oxygens (including phenoxy) is 3. The lowest BCUT2D eigenvalue weighted by molar-refractivity contribution is -0.144. The number of anilines is 1. The third-order valence-electron chi connectivity index (χ3n) is 8.30. The first-order valence-corrected chi connectivity index (χ1v) is 14.9. The smallest absolute Gasteiger partial charge is 0.416 e. The van der Waals surface area contributed by atoms with Crippen LogP contribution in [0.4, 0.5) is 23.7 Å². The predicted molar refractivity (Wildman–Crippen MR) is 159 cm³/mol. The van der Waals surface area contributed by atoms with Crippen molar-refractivity contribution in [3.05, 3.63) is 58.1 Å². The maximum Gasteiger partial charge on any atom is 0.416 e. The molecule has 1 heterocycles. The SMILES string of the molecule is COC(=O)C[C@H](C(=O)N1CCc2c1ccc(OCc1ccc(C3CCCC3)c(C(F)(F)F)c1)c2C)N(C)C(=O)OC(C)(C)C. The summed E-state index contributed by atoms with van der Waals surface area (Å²) in [6.45, 7) is 7.22. The van der Waals surface area contributed by atoms with Crippen LogP contribution >= 0.6 is 0 Å². The van der Waals surface area contributed by atoms with Gasteiger partial charge in [-0.05, 0) is 93.3 Å². The first-order chi connectivity index (χ1) is 20.6. The summed E-state index contributed by atoms with van der Waals surface area (Å²) in [6, 6.07) is 6.73. The Morgan fingerprint density at radius 2 is 1.75 bits per heavy atom.